The van der Waals surface area contributed by atoms with E-state index in [1.165, 1.54) is 16.2 Å². The van der Waals surface area contributed by atoms with Crippen molar-refractivity contribution in [1.29, 1.82) is 0 Å². The maximum atomic E-state index is 13.1. The van der Waals surface area contributed by atoms with Crippen molar-refractivity contribution >= 4 is 40.6 Å². The Labute approximate surface area is 161 Å². The van der Waals surface area contributed by atoms with Crippen molar-refractivity contribution in [3.05, 3.63) is 46.3 Å². The van der Waals surface area contributed by atoms with Gasteiger partial charge in [-0.15, -0.1) is 11.3 Å². The zero-order valence-electron chi connectivity index (χ0n) is 14.9. The first-order valence-corrected chi connectivity index (χ1v) is 9.92. The van der Waals surface area contributed by atoms with Crippen molar-refractivity contribution in [3.63, 3.8) is 0 Å². The zero-order valence-corrected chi connectivity index (χ0v) is 15.7. The van der Waals surface area contributed by atoms with Gasteiger partial charge in [0, 0.05) is 35.8 Å². The molecule has 1 fully saturated rings. The van der Waals surface area contributed by atoms with Crippen LogP contribution in [0.2, 0.25) is 0 Å². The number of nitrogens with zero attached hydrogens (tertiary/aromatic N) is 2. The molecular weight excluding hydrogens is 362 g/mol. The fraction of sp³-hybridized carbons (Fsp3) is 0.300. The van der Waals surface area contributed by atoms with Crippen LogP contribution in [0.25, 0.3) is 6.08 Å². The highest BCUT2D eigenvalue weighted by Crippen LogP contribution is 2.37. The van der Waals surface area contributed by atoms with Crippen LogP contribution in [0.3, 0.4) is 0 Å². The summed E-state index contributed by atoms with van der Waals surface area (Å²) < 4.78 is 5.83. The quantitative estimate of drug-likeness (QED) is 0.653. The molecule has 140 valence electrons. The topological polar surface area (TPSA) is 75.9 Å². The molecule has 0 saturated carbocycles. The van der Waals surface area contributed by atoms with E-state index in [-0.39, 0.29) is 24.1 Å². The van der Waals surface area contributed by atoms with Crippen molar-refractivity contribution in [2.45, 2.75) is 19.3 Å². The van der Waals surface area contributed by atoms with Crippen LogP contribution in [0.15, 0.2) is 41.5 Å². The van der Waals surface area contributed by atoms with Gasteiger partial charge in [0.05, 0.1) is 5.69 Å². The maximum Gasteiger partial charge on any atom is 0.294 e. The minimum Gasteiger partial charge on any atom is -0.449 e. The van der Waals surface area contributed by atoms with Crippen LogP contribution >= 0.6 is 11.3 Å². The molecule has 0 unspecified atom stereocenters. The number of nitrogen functional groups attached to an aromatic ring is 1. The Bertz CT molecular complexity index is 886. The summed E-state index contributed by atoms with van der Waals surface area (Å²) in [4.78, 5) is 30.1. The smallest absolute Gasteiger partial charge is 0.294 e. The number of amides is 2. The summed E-state index contributed by atoms with van der Waals surface area (Å²) in [5, 5.41) is 1.93. The van der Waals surface area contributed by atoms with Gasteiger partial charge in [-0.2, -0.15) is 0 Å². The number of likely N-dealkylation sites (tertiary alicyclic amines) is 1. The van der Waals surface area contributed by atoms with Gasteiger partial charge in [-0.3, -0.25) is 14.5 Å². The van der Waals surface area contributed by atoms with Crippen LogP contribution in [-0.4, -0.2) is 36.3 Å². The van der Waals surface area contributed by atoms with Crippen LogP contribution in [0.1, 0.15) is 24.1 Å². The Morgan fingerprint density at radius 3 is 2.78 bits per heavy atom. The normalized spacial score (nSPS) is 18.4. The molecule has 1 saturated heterocycles. The molecule has 0 bridgehead atoms. The molecule has 1 aromatic carbocycles. The molecule has 2 aliphatic heterocycles. The third kappa shape index (κ3) is 3.68. The summed E-state index contributed by atoms with van der Waals surface area (Å²) in [5.74, 6) is 0.333. The van der Waals surface area contributed by atoms with Crippen molar-refractivity contribution in [3.8, 4) is 5.75 Å². The van der Waals surface area contributed by atoms with E-state index in [4.69, 9.17) is 10.5 Å². The van der Waals surface area contributed by atoms with Gasteiger partial charge < -0.3 is 15.4 Å². The number of nitrogens with two attached hydrogens (primary N) is 1. The predicted octanol–water partition coefficient (Wildman–Crippen LogP) is 3.11. The highest BCUT2D eigenvalue weighted by atomic mass is 32.1. The van der Waals surface area contributed by atoms with E-state index < -0.39 is 0 Å². The van der Waals surface area contributed by atoms with E-state index in [9.17, 15) is 9.59 Å². The fourth-order valence-electron chi connectivity index (χ4n) is 3.37. The lowest BCUT2D eigenvalue weighted by Crippen LogP contribution is -2.47. The summed E-state index contributed by atoms with van der Waals surface area (Å²) >= 11 is 1.51. The number of hydrogen-bond donors (Lipinski definition) is 1. The molecule has 4 rings (SSSR count). The van der Waals surface area contributed by atoms with Crippen LogP contribution in [0.4, 0.5) is 11.4 Å². The highest BCUT2D eigenvalue weighted by molar-refractivity contribution is 7.10. The van der Waals surface area contributed by atoms with Crippen LogP contribution in [0, 0.1) is 0 Å². The molecule has 1 aromatic heterocycles. The molecular formula is C20H21N3O3S. The van der Waals surface area contributed by atoms with Gasteiger partial charge in [0.15, 0.2) is 11.5 Å². The molecule has 0 aliphatic carbocycles. The zero-order chi connectivity index (χ0) is 18.8. The summed E-state index contributed by atoms with van der Waals surface area (Å²) in [6, 6.07) is 8.94. The van der Waals surface area contributed by atoms with E-state index in [1.807, 2.05) is 22.4 Å². The van der Waals surface area contributed by atoms with E-state index in [1.54, 1.807) is 24.3 Å². The molecule has 2 aliphatic rings. The number of ether oxygens (including phenoxy) is 1. The standard InChI is InChI=1S/C20H21N3O3S/c21-14-6-7-16-17(11-14)26-18(12-15-5-4-10-27-15)20(25)23(16)13-19(24)22-8-2-1-3-9-22/h4-7,10-12H,1-3,8-9,13,21H2/b18-12+. The third-order valence-corrected chi connectivity index (χ3v) is 5.59. The van der Waals surface area contributed by atoms with Crippen molar-refractivity contribution in [2.24, 2.45) is 0 Å². The first-order chi connectivity index (χ1) is 13.1. The van der Waals surface area contributed by atoms with Crippen molar-refractivity contribution < 1.29 is 14.3 Å². The van der Waals surface area contributed by atoms with Gasteiger partial charge >= 0.3 is 0 Å². The van der Waals surface area contributed by atoms with Gasteiger partial charge in [-0.05, 0) is 42.8 Å². The van der Waals surface area contributed by atoms with Gasteiger partial charge in [-0.1, -0.05) is 6.07 Å². The SMILES string of the molecule is Nc1ccc2c(c1)O/C(=C/c1cccs1)C(=O)N2CC(=O)N1CCCCC1. The number of piperidine rings is 1. The number of carbonyl (C=O) groups excluding carboxylic acids is 2. The summed E-state index contributed by atoms with van der Waals surface area (Å²) in [5.41, 5.74) is 7.00. The molecule has 2 amide bonds. The Morgan fingerprint density at radius 2 is 2.04 bits per heavy atom. The fourth-order valence-corrected chi connectivity index (χ4v) is 4.02. The first-order valence-electron chi connectivity index (χ1n) is 9.04. The lowest BCUT2D eigenvalue weighted by Gasteiger charge is -2.33. The Hall–Kier alpha value is -2.80. The number of rotatable bonds is 3. The minimum absolute atomic E-state index is 0.000885. The second-order valence-electron chi connectivity index (χ2n) is 6.69. The summed E-state index contributed by atoms with van der Waals surface area (Å²) in [7, 11) is 0. The molecule has 0 spiro atoms. The van der Waals surface area contributed by atoms with Gasteiger partial charge in [-0.25, -0.2) is 0 Å². The highest BCUT2D eigenvalue weighted by Gasteiger charge is 2.33. The number of thiophene rings is 1. The molecule has 0 radical (unpaired) electrons. The number of anilines is 2. The van der Waals surface area contributed by atoms with E-state index in [0.29, 0.717) is 17.1 Å². The molecule has 6 nitrogen and oxygen atoms in total. The number of benzene rings is 1. The van der Waals surface area contributed by atoms with Crippen LogP contribution in [0.5, 0.6) is 5.75 Å². The molecule has 7 heteroatoms. The van der Waals surface area contributed by atoms with E-state index in [2.05, 4.69) is 0 Å². The van der Waals surface area contributed by atoms with E-state index >= 15 is 0 Å². The molecule has 3 heterocycles. The Kier molecular flexibility index (Phi) is 4.85. The molecule has 27 heavy (non-hydrogen) atoms. The number of hydrogen-bond acceptors (Lipinski definition) is 5. The first kappa shape index (κ1) is 17.6. The van der Waals surface area contributed by atoms with Gasteiger partial charge in [0.1, 0.15) is 6.54 Å². The van der Waals surface area contributed by atoms with Gasteiger partial charge in [0.25, 0.3) is 5.91 Å². The minimum atomic E-state index is -0.314. The number of carbonyl (C=O) groups is 2. The Balaban J connectivity index is 1.65. The van der Waals surface area contributed by atoms with E-state index in [0.717, 1.165) is 37.2 Å². The summed E-state index contributed by atoms with van der Waals surface area (Å²) in [6.07, 6.45) is 4.88. The molecule has 2 aromatic rings. The molecule has 2 N–H and O–H groups in total. The monoisotopic (exact) mass is 383 g/mol. The average Bonchev–Trinajstić information content (AvgIpc) is 3.18. The van der Waals surface area contributed by atoms with Crippen LogP contribution in [-0.2, 0) is 9.59 Å². The molecule has 0 atom stereocenters. The largest absolute Gasteiger partial charge is 0.449 e. The maximum absolute atomic E-state index is 13.1. The Morgan fingerprint density at radius 1 is 1.22 bits per heavy atom. The average molecular weight is 383 g/mol. The van der Waals surface area contributed by atoms with Crippen LogP contribution < -0.4 is 15.4 Å². The third-order valence-electron chi connectivity index (χ3n) is 4.77. The van der Waals surface area contributed by atoms with Gasteiger partial charge in [0.2, 0.25) is 5.91 Å². The second kappa shape index (κ2) is 7.44. The lowest BCUT2D eigenvalue weighted by atomic mass is 10.1. The lowest BCUT2D eigenvalue weighted by molar-refractivity contribution is -0.132. The number of fused-ring (bicyclic) bond motifs is 1. The van der Waals surface area contributed by atoms with Crippen molar-refractivity contribution in [1.82, 2.24) is 4.90 Å². The van der Waals surface area contributed by atoms with Crippen molar-refractivity contribution in [2.75, 3.05) is 30.3 Å². The summed E-state index contributed by atoms with van der Waals surface area (Å²) in [6.45, 7) is 1.51. The second-order valence-corrected chi connectivity index (χ2v) is 7.67. The predicted molar refractivity (Wildman–Crippen MR) is 107 cm³/mol.